The number of carboxylic acid groups (broad SMARTS) is 1. The maximum absolute atomic E-state index is 12.4. The summed E-state index contributed by atoms with van der Waals surface area (Å²) in [6.45, 7) is 1.41. The zero-order valence-electron chi connectivity index (χ0n) is 18.5. The average molecular weight is 500 g/mol. The first-order valence-electron chi connectivity index (χ1n) is 10.8. The summed E-state index contributed by atoms with van der Waals surface area (Å²) in [7, 11) is -4.40. The Hall–Kier alpha value is -3.10. The predicted molar refractivity (Wildman–Crippen MR) is 120 cm³/mol. The van der Waals surface area contributed by atoms with Gasteiger partial charge in [-0.25, -0.2) is 8.42 Å². The highest BCUT2D eigenvalue weighted by molar-refractivity contribution is 7.89. The van der Waals surface area contributed by atoms with Gasteiger partial charge in [-0.15, -0.1) is 0 Å². The van der Waals surface area contributed by atoms with Gasteiger partial charge in [0.05, 0.1) is 9.82 Å². The van der Waals surface area contributed by atoms with E-state index >= 15 is 0 Å². The molecule has 0 bridgehead atoms. The van der Waals surface area contributed by atoms with E-state index in [4.69, 9.17) is 0 Å². The second kappa shape index (κ2) is 13.0. The number of rotatable bonds is 13. The van der Waals surface area contributed by atoms with Crippen LogP contribution in [-0.2, 0) is 24.4 Å². The number of benzene rings is 1. The van der Waals surface area contributed by atoms with Crippen molar-refractivity contribution in [1.29, 1.82) is 0 Å². The summed E-state index contributed by atoms with van der Waals surface area (Å²) in [5, 5.41) is 28.4. The number of carbonyl (C=O) groups excluding carboxylic acids is 2. The topological polar surface area (TPSA) is 197 Å². The van der Waals surface area contributed by atoms with Gasteiger partial charge in [-0.3, -0.25) is 24.5 Å². The molecule has 1 aliphatic heterocycles. The van der Waals surface area contributed by atoms with Crippen LogP contribution in [0.15, 0.2) is 29.2 Å². The van der Waals surface area contributed by atoms with Crippen LogP contribution in [0.25, 0.3) is 0 Å². The molecule has 13 nitrogen and oxygen atoms in total. The lowest BCUT2D eigenvalue weighted by Gasteiger charge is -2.22. The van der Waals surface area contributed by atoms with Crippen LogP contribution in [0.1, 0.15) is 32.1 Å². The molecule has 1 heterocycles. The molecule has 1 atom stereocenters. The summed E-state index contributed by atoms with van der Waals surface area (Å²) in [4.78, 5) is 45.0. The smallest absolute Gasteiger partial charge is 0.323 e. The van der Waals surface area contributed by atoms with Crippen molar-refractivity contribution in [3.8, 4) is 0 Å². The molecule has 0 spiro atoms. The summed E-state index contributed by atoms with van der Waals surface area (Å²) < 4.78 is 26.8. The second-order valence-electron chi connectivity index (χ2n) is 7.90. The molecular weight excluding hydrogens is 470 g/mol. The Morgan fingerprint density at radius 1 is 1.15 bits per heavy atom. The first kappa shape index (κ1) is 27.1. The molecular formula is C20H29N5O8S. The van der Waals surface area contributed by atoms with Crippen molar-refractivity contribution in [1.82, 2.24) is 20.7 Å². The number of amides is 2. The van der Waals surface area contributed by atoms with Crippen molar-refractivity contribution in [3.05, 3.63) is 34.4 Å². The predicted octanol–water partition coefficient (Wildman–Crippen LogP) is -0.271. The van der Waals surface area contributed by atoms with Gasteiger partial charge in [0, 0.05) is 38.1 Å². The molecule has 1 aromatic rings. The number of hydrogen-bond acceptors (Lipinski definition) is 8. The van der Waals surface area contributed by atoms with Gasteiger partial charge in [0.15, 0.2) is 0 Å². The Kier molecular flexibility index (Phi) is 10.3. The van der Waals surface area contributed by atoms with Crippen LogP contribution < -0.4 is 20.7 Å². The maximum Gasteiger partial charge on any atom is 0.323 e. The fourth-order valence-electron chi connectivity index (χ4n) is 3.41. The molecule has 0 unspecified atom stereocenters. The molecule has 0 saturated carbocycles. The zero-order chi connectivity index (χ0) is 25.1. The van der Waals surface area contributed by atoms with Gasteiger partial charge in [-0.1, -0.05) is 6.07 Å². The molecule has 14 heteroatoms. The molecule has 2 rings (SSSR count). The number of nitro benzene ring substituents is 1. The summed E-state index contributed by atoms with van der Waals surface area (Å²) in [6.07, 6.45) is 3.11. The fraction of sp³-hybridized carbons (Fsp3) is 0.550. The number of carboxylic acids is 1. The van der Waals surface area contributed by atoms with Gasteiger partial charge >= 0.3 is 5.97 Å². The van der Waals surface area contributed by atoms with Crippen molar-refractivity contribution in [2.75, 3.05) is 26.2 Å². The van der Waals surface area contributed by atoms with Crippen LogP contribution in [0.5, 0.6) is 0 Å². The lowest BCUT2D eigenvalue weighted by molar-refractivity contribution is -0.385. The maximum atomic E-state index is 12.4. The van der Waals surface area contributed by atoms with Crippen LogP contribution >= 0.6 is 0 Å². The molecule has 5 N–H and O–H groups in total. The molecule has 1 aliphatic rings. The molecule has 0 aromatic heterocycles. The van der Waals surface area contributed by atoms with Gasteiger partial charge in [0.25, 0.3) is 5.69 Å². The largest absolute Gasteiger partial charge is 0.480 e. The van der Waals surface area contributed by atoms with Crippen LogP contribution in [0.3, 0.4) is 0 Å². The Morgan fingerprint density at radius 2 is 1.82 bits per heavy atom. The van der Waals surface area contributed by atoms with Gasteiger partial charge in [0.1, 0.15) is 6.04 Å². The second-order valence-corrected chi connectivity index (χ2v) is 9.62. The Labute approximate surface area is 196 Å². The standard InChI is InChI=1S/C20H29N5O8S/c26-18(5-4-14-6-9-21-10-7-14)22-11-8-19(27)23-13-17(20(28)29)24-34(32,33)16-3-1-2-15(12-16)25(30)31/h1-3,12,14,17,21,24H,4-11,13H2,(H,22,26)(H,23,27)(H,28,29)/t17-/m0/s1. The van der Waals surface area contributed by atoms with E-state index in [0.717, 1.165) is 56.6 Å². The minimum atomic E-state index is -4.40. The van der Waals surface area contributed by atoms with Crippen molar-refractivity contribution < 1.29 is 32.8 Å². The lowest BCUT2D eigenvalue weighted by atomic mass is 9.93. The first-order chi connectivity index (χ1) is 16.1. The highest BCUT2D eigenvalue weighted by Crippen LogP contribution is 2.18. The van der Waals surface area contributed by atoms with E-state index in [1.165, 1.54) is 0 Å². The molecule has 0 aliphatic carbocycles. The Balaban J connectivity index is 1.77. The molecule has 34 heavy (non-hydrogen) atoms. The number of piperidine rings is 1. The van der Waals surface area contributed by atoms with Gasteiger partial charge in [-0.2, -0.15) is 4.72 Å². The SMILES string of the molecule is O=C(CCC1CCNCC1)NCCC(=O)NC[C@H](NS(=O)(=O)c1cccc([N+](=O)[O-])c1)C(=O)O. The third kappa shape index (κ3) is 9.03. The molecule has 0 radical (unpaired) electrons. The number of carbonyl (C=O) groups is 3. The zero-order valence-corrected chi connectivity index (χ0v) is 19.3. The van der Waals surface area contributed by atoms with Crippen molar-refractivity contribution in [3.63, 3.8) is 0 Å². The van der Waals surface area contributed by atoms with Crippen LogP contribution in [0.4, 0.5) is 5.69 Å². The minimum Gasteiger partial charge on any atom is -0.480 e. The molecule has 188 valence electrons. The number of nitrogens with one attached hydrogen (secondary N) is 4. The number of non-ortho nitro benzene ring substituents is 1. The van der Waals surface area contributed by atoms with Gasteiger partial charge in [0.2, 0.25) is 21.8 Å². The normalized spacial score (nSPS) is 15.3. The van der Waals surface area contributed by atoms with E-state index in [1.54, 1.807) is 0 Å². The number of aliphatic carboxylic acids is 1. The molecule has 1 fully saturated rings. The van der Waals surface area contributed by atoms with Crippen molar-refractivity contribution in [2.24, 2.45) is 5.92 Å². The van der Waals surface area contributed by atoms with Crippen molar-refractivity contribution >= 4 is 33.5 Å². The average Bonchev–Trinajstić information content (AvgIpc) is 2.81. The minimum absolute atomic E-state index is 0.0635. The van der Waals surface area contributed by atoms with Gasteiger partial charge < -0.3 is 21.1 Å². The van der Waals surface area contributed by atoms with E-state index in [9.17, 15) is 38.0 Å². The molecule has 1 aromatic carbocycles. The van der Waals surface area contributed by atoms with E-state index in [1.807, 2.05) is 4.72 Å². The van der Waals surface area contributed by atoms with E-state index in [0.29, 0.717) is 12.3 Å². The highest BCUT2D eigenvalue weighted by atomic mass is 32.2. The van der Waals surface area contributed by atoms with E-state index < -0.39 is 50.0 Å². The molecule has 2 amide bonds. The number of sulfonamides is 1. The van der Waals surface area contributed by atoms with Crippen LogP contribution in [-0.4, -0.2) is 68.5 Å². The third-order valence-electron chi connectivity index (χ3n) is 5.35. The number of nitro groups is 1. The first-order valence-corrected chi connectivity index (χ1v) is 12.3. The number of nitrogens with zero attached hydrogens (tertiary/aromatic N) is 1. The van der Waals surface area contributed by atoms with E-state index in [2.05, 4.69) is 16.0 Å². The summed E-state index contributed by atoms with van der Waals surface area (Å²) in [5.41, 5.74) is -0.471. The Bertz CT molecular complexity index is 994. The number of hydrogen-bond donors (Lipinski definition) is 5. The highest BCUT2D eigenvalue weighted by Gasteiger charge is 2.27. The van der Waals surface area contributed by atoms with Gasteiger partial charge in [-0.05, 0) is 44.3 Å². The monoisotopic (exact) mass is 499 g/mol. The Morgan fingerprint density at radius 3 is 2.47 bits per heavy atom. The quantitative estimate of drug-likeness (QED) is 0.179. The van der Waals surface area contributed by atoms with Crippen molar-refractivity contribution in [2.45, 2.75) is 43.0 Å². The van der Waals surface area contributed by atoms with Crippen LogP contribution in [0.2, 0.25) is 0 Å². The summed E-state index contributed by atoms with van der Waals surface area (Å²) in [6, 6.07) is 2.44. The molecule has 1 saturated heterocycles. The summed E-state index contributed by atoms with van der Waals surface area (Å²) in [5.74, 6) is -1.77. The summed E-state index contributed by atoms with van der Waals surface area (Å²) >= 11 is 0. The fourth-order valence-corrected chi connectivity index (χ4v) is 4.64. The van der Waals surface area contributed by atoms with Crippen LogP contribution in [0, 0.1) is 16.0 Å². The lowest BCUT2D eigenvalue weighted by Crippen LogP contribution is -2.48. The third-order valence-corrected chi connectivity index (χ3v) is 6.82. The van der Waals surface area contributed by atoms with E-state index in [-0.39, 0.29) is 18.9 Å².